The summed E-state index contributed by atoms with van der Waals surface area (Å²) in [7, 11) is -0.781. The van der Waals surface area contributed by atoms with Gasteiger partial charge in [-0.2, -0.15) is 0 Å². The fraction of sp³-hybridized carbons (Fsp3) is 0.400. The van der Waals surface area contributed by atoms with E-state index in [1.807, 2.05) is 51.9 Å². The summed E-state index contributed by atoms with van der Waals surface area (Å²) in [5.41, 5.74) is 5.14. The number of ether oxygens (including phenoxy) is 1. The Hall–Kier alpha value is -5.94. The molecule has 3 N–H and O–H groups in total. The molecule has 1 aliphatic carbocycles. The van der Waals surface area contributed by atoms with Crippen molar-refractivity contribution in [2.45, 2.75) is 70.6 Å². The molecule has 0 atom stereocenters. The first-order valence-electron chi connectivity index (χ1n) is 22.5. The fourth-order valence-corrected chi connectivity index (χ4v) is 9.96. The van der Waals surface area contributed by atoms with Gasteiger partial charge in [0.15, 0.2) is 0 Å². The zero-order chi connectivity index (χ0) is 48.4. The number of fused-ring (bicyclic) bond motifs is 1. The van der Waals surface area contributed by atoms with Gasteiger partial charge in [0.1, 0.15) is 17.2 Å². The quantitative estimate of drug-likeness (QED) is 0.0514. The van der Waals surface area contributed by atoms with Gasteiger partial charge < -0.3 is 25.0 Å². The Balaban J connectivity index is 1.16. The van der Waals surface area contributed by atoms with Gasteiger partial charge in [0.2, 0.25) is 0 Å². The number of benzene rings is 4. The summed E-state index contributed by atoms with van der Waals surface area (Å²) < 4.78 is 37.3. The number of carbonyl (C=O) groups excluding carboxylic acids is 1. The van der Waals surface area contributed by atoms with Crippen molar-refractivity contribution < 1.29 is 32.8 Å². The van der Waals surface area contributed by atoms with Gasteiger partial charge in [-0.3, -0.25) is 19.8 Å². The lowest BCUT2D eigenvalue weighted by Crippen LogP contribution is -2.47. The highest BCUT2D eigenvalue weighted by atomic mass is 35.5. The molecular formula is C50H60ClN7O8S. The summed E-state index contributed by atoms with van der Waals surface area (Å²) in [5.74, 6) is -0.654. The lowest BCUT2D eigenvalue weighted by Gasteiger charge is -2.39. The van der Waals surface area contributed by atoms with E-state index in [9.17, 15) is 33.2 Å². The molecule has 15 nitrogen and oxygen atoms in total. The van der Waals surface area contributed by atoms with E-state index in [4.69, 9.17) is 16.3 Å². The zero-order valence-corrected chi connectivity index (χ0v) is 40.8. The van der Waals surface area contributed by atoms with E-state index in [0.717, 1.165) is 57.2 Å². The number of rotatable bonds is 15. The number of aromatic nitrogens is 1. The molecule has 1 saturated heterocycles. The van der Waals surface area contributed by atoms with Crippen LogP contribution >= 0.6 is 11.6 Å². The van der Waals surface area contributed by atoms with Crippen molar-refractivity contribution in [3.05, 3.63) is 122 Å². The average Bonchev–Trinajstić information content (AvgIpc) is 3.66. The van der Waals surface area contributed by atoms with Crippen LogP contribution in [0.15, 0.2) is 95.4 Å². The maximum atomic E-state index is 14.1. The number of nitrogens with zero attached hydrogens (tertiary/aromatic N) is 5. The monoisotopic (exact) mass is 953 g/mol. The molecule has 0 saturated carbocycles. The predicted molar refractivity (Wildman–Crippen MR) is 265 cm³/mol. The minimum absolute atomic E-state index is 0.0616. The highest BCUT2D eigenvalue weighted by molar-refractivity contribution is 7.90. The summed E-state index contributed by atoms with van der Waals surface area (Å²) in [6.07, 6.45) is 2.70. The van der Waals surface area contributed by atoms with Crippen LogP contribution in [0.1, 0.15) is 81.9 Å². The summed E-state index contributed by atoms with van der Waals surface area (Å²) in [4.78, 5) is 44.1. The average molecular weight is 955 g/mol. The van der Waals surface area contributed by atoms with Gasteiger partial charge in [-0.15, -0.1) is 0 Å². The second kappa shape index (κ2) is 19.7. The van der Waals surface area contributed by atoms with Crippen molar-refractivity contribution in [3.8, 4) is 11.5 Å². The Bertz CT molecular complexity index is 2820. The van der Waals surface area contributed by atoms with Crippen molar-refractivity contribution in [2.75, 3.05) is 70.1 Å². The minimum atomic E-state index is -4.62. The minimum Gasteiger partial charge on any atom is -0.464 e. The summed E-state index contributed by atoms with van der Waals surface area (Å²) >= 11 is 6.25. The molecular weight excluding hydrogens is 894 g/mol. The van der Waals surface area contributed by atoms with Crippen molar-refractivity contribution in [1.29, 1.82) is 0 Å². The van der Waals surface area contributed by atoms with E-state index in [2.05, 4.69) is 45.8 Å². The molecule has 67 heavy (non-hydrogen) atoms. The molecule has 1 fully saturated rings. The topological polar surface area (TPSA) is 180 Å². The molecule has 1 amide bonds. The number of sulfonamides is 1. The number of anilines is 2. The number of carboxylic acid groups (broad SMARTS) is 1. The molecule has 0 spiro atoms. The van der Waals surface area contributed by atoms with Crippen LogP contribution in [0, 0.1) is 15.5 Å². The SMILES string of the molecule is CN(C)CCCNc1ccc(S(=O)(=O)NC(=O)c2ccc(N3CCN(CC4=C(c5ccc(Cl)cc5)CC(C)(C)CC4)CC3)cc2Oc2ccc3c(c2)cc(C(C)(C)C)n3C(=O)O)cc1[N+](=O)[O-]. The molecule has 7 rings (SSSR count). The Labute approximate surface area is 397 Å². The highest BCUT2D eigenvalue weighted by Gasteiger charge is 2.31. The number of allylic oxidation sites excluding steroid dienone is 1. The maximum absolute atomic E-state index is 14.1. The molecule has 356 valence electrons. The smallest absolute Gasteiger partial charge is 0.416 e. The van der Waals surface area contributed by atoms with Gasteiger partial charge in [-0.1, -0.05) is 63.9 Å². The molecule has 0 radical (unpaired) electrons. The first kappa shape index (κ1) is 49.0. The van der Waals surface area contributed by atoms with Crippen molar-refractivity contribution in [2.24, 2.45) is 5.41 Å². The molecule has 1 aliphatic heterocycles. The Morgan fingerprint density at radius 1 is 0.955 bits per heavy atom. The molecule has 0 unspecified atom stereocenters. The normalized spacial score (nSPS) is 15.8. The molecule has 5 aromatic rings. The molecule has 0 bridgehead atoms. The van der Waals surface area contributed by atoms with Crippen LogP contribution in [-0.2, 0) is 15.4 Å². The van der Waals surface area contributed by atoms with Crippen molar-refractivity contribution in [1.82, 2.24) is 19.1 Å². The summed E-state index contributed by atoms with van der Waals surface area (Å²) in [6, 6.07) is 23.3. The highest BCUT2D eigenvalue weighted by Crippen LogP contribution is 2.44. The third-order valence-electron chi connectivity index (χ3n) is 12.5. The van der Waals surface area contributed by atoms with Crippen molar-refractivity contribution >= 4 is 67.2 Å². The van der Waals surface area contributed by atoms with Crippen LogP contribution in [-0.4, -0.2) is 105 Å². The van der Waals surface area contributed by atoms with Crippen molar-refractivity contribution in [3.63, 3.8) is 0 Å². The first-order chi connectivity index (χ1) is 31.6. The third kappa shape index (κ3) is 11.6. The van der Waals surface area contributed by atoms with Crippen LogP contribution in [0.5, 0.6) is 11.5 Å². The number of piperazine rings is 1. The Morgan fingerprint density at radius 3 is 2.33 bits per heavy atom. The first-order valence-corrected chi connectivity index (χ1v) is 24.3. The Morgan fingerprint density at radius 2 is 1.67 bits per heavy atom. The summed E-state index contributed by atoms with van der Waals surface area (Å²) in [5, 5.41) is 26.5. The van der Waals surface area contributed by atoms with Crippen LogP contribution in [0.25, 0.3) is 16.5 Å². The van der Waals surface area contributed by atoms with Gasteiger partial charge in [0.25, 0.3) is 21.6 Å². The van der Waals surface area contributed by atoms with E-state index in [1.165, 1.54) is 39.5 Å². The van der Waals surface area contributed by atoms with Gasteiger partial charge in [-0.05, 0) is 124 Å². The maximum Gasteiger partial charge on any atom is 0.416 e. The number of nitrogens with one attached hydrogen (secondary N) is 2. The zero-order valence-electron chi connectivity index (χ0n) is 39.2. The number of hydrogen-bond acceptors (Lipinski definition) is 11. The van der Waals surface area contributed by atoms with Gasteiger partial charge in [-0.25, -0.2) is 22.5 Å². The van der Waals surface area contributed by atoms with E-state index in [-0.39, 0.29) is 22.4 Å². The standard InChI is InChI=1S/C50H60ClN7O8S/c1-49(2,3)46-28-35-27-38(14-18-43(35)57(46)48(60)61)66-45-29-37(56-25-23-55(24-26-56)32-34-19-20-50(4,5)31-41(34)33-9-11-36(51)12-10-33)13-16-40(45)47(59)53-67(64,65)39-15-17-42(44(30-39)58(62)63)52-21-8-22-54(6)7/h9-18,27-30,52H,8,19-26,31-32H2,1-7H3,(H,53,59)(H,60,61). The third-order valence-corrected chi connectivity index (χ3v) is 14.1. The number of nitro groups is 1. The number of nitro benzene ring substituents is 1. The van der Waals surface area contributed by atoms with Crippen LogP contribution in [0.3, 0.4) is 0 Å². The number of hydrogen-bond donors (Lipinski definition) is 3. The van der Waals surface area contributed by atoms with E-state index >= 15 is 0 Å². The van der Waals surface area contributed by atoms with Gasteiger partial charge in [0.05, 0.1) is 20.9 Å². The van der Waals surface area contributed by atoms with Gasteiger partial charge in [0, 0.05) is 78.6 Å². The number of halogens is 1. The molecule has 2 aliphatic rings. The van der Waals surface area contributed by atoms with Crippen LogP contribution < -0.4 is 19.7 Å². The second-order valence-electron chi connectivity index (χ2n) is 19.5. The van der Waals surface area contributed by atoms with Crippen LogP contribution in [0.2, 0.25) is 5.02 Å². The lowest BCUT2D eigenvalue weighted by atomic mass is 9.72. The summed E-state index contributed by atoms with van der Waals surface area (Å²) in [6.45, 7) is 15.4. The molecule has 4 aromatic carbocycles. The number of amides is 1. The van der Waals surface area contributed by atoms with E-state index in [0.29, 0.717) is 53.4 Å². The molecule has 1 aromatic heterocycles. The molecule has 17 heteroatoms. The number of carbonyl (C=O) groups is 2. The van der Waals surface area contributed by atoms with E-state index in [1.54, 1.807) is 36.4 Å². The second-order valence-corrected chi connectivity index (χ2v) is 21.7. The fourth-order valence-electron chi connectivity index (χ4n) is 8.85. The van der Waals surface area contributed by atoms with E-state index < -0.39 is 42.9 Å². The largest absolute Gasteiger partial charge is 0.464 e. The lowest BCUT2D eigenvalue weighted by molar-refractivity contribution is -0.384. The molecule has 2 heterocycles. The van der Waals surface area contributed by atoms with Crippen LogP contribution in [0.4, 0.5) is 21.9 Å². The predicted octanol–water partition coefficient (Wildman–Crippen LogP) is 10.1. The Kier molecular flexibility index (Phi) is 14.4. The van der Waals surface area contributed by atoms with Gasteiger partial charge >= 0.3 is 6.09 Å².